The van der Waals surface area contributed by atoms with Crippen molar-refractivity contribution in [1.82, 2.24) is 0 Å². The zero-order chi connectivity index (χ0) is 15.0. The van der Waals surface area contributed by atoms with E-state index in [0.717, 1.165) is 6.42 Å². The maximum absolute atomic E-state index is 11.9. The Labute approximate surface area is 119 Å². The molecule has 0 aromatic heterocycles. The largest absolute Gasteiger partial charge is 0.462 e. The predicted octanol–water partition coefficient (Wildman–Crippen LogP) is 2.18. The number of para-hydroxylation sites is 1. The van der Waals surface area contributed by atoms with E-state index in [1.54, 1.807) is 31.2 Å². The summed E-state index contributed by atoms with van der Waals surface area (Å²) in [6, 6.07) is 6.83. The van der Waals surface area contributed by atoms with Crippen molar-refractivity contribution >= 4 is 17.6 Å². The molecule has 1 unspecified atom stereocenters. The molecule has 1 aromatic carbocycles. The van der Waals surface area contributed by atoms with Crippen LogP contribution in [0.4, 0.5) is 5.69 Å². The second-order valence-corrected chi connectivity index (χ2v) is 4.69. The van der Waals surface area contributed by atoms with Crippen LogP contribution < -0.4 is 11.1 Å². The lowest BCUT2D eigenvalue weighted by Crippen LogP contribution is -2.18. The second kappa shape index (κ2) is 8.32. The Hall–Kier alpha value is -1.88. The molecule has 1 atom stereocenters. The highest BCUT2D eigenvalue weighted by Gasteiger charge is 2.14. The van der Waals surface area contributed by atoms with Gasteiger partial charge in [0, 0.05) is 6.42 Å². The van der Waals surface area contributed by atoms with Gasteiger partial charge in [-0.1, -0.05) is 19.1 Å². The summed E-state index contributed by atoms with van der Waals surface area (Å²) in [4.78, 5) is 23.6. The fraction of sp³-hybridized carbons (Fsp3) is 0.467. The molecule has 1 amide bonds. The smallest absolute Gasteiger partial charge is 0.340 e. The van der Waals surface area contributed by atoms with Crippen molar-refractivity contribution in [3.8, 4) is 0 Å². The average Bonchev–Trinajstić information content (AvgIpc) is 2.45. The first-order chi connectivity index (χ1) is 9.58. The van der Waals surface area contributed by atoms with Crippen LogP contribution in [0, 0.1) is 5.92 Å². The van der Waals surface area contributed by atoms with E-state index in [1.807, 2.05) is 6.92 Å². The summed E-state index contributed by atoms with van der Waals surface area (Å²) in [6.45, 7) is 4.61. The summed E-state index contributed by atoms with van der Waals surface area (Å²) in [5.74, 6) is -0.248. The zero-order valence-corrected chi connectivity index (χ0v) is 12.0. The zero-order valence-electron chi connectivity index (χ0n) is 12.0. The van der Waals surface area contributed by atoms with Crippen LogP contribution >= 0.6 is 0 Å². The van der Waals surface area contributed by atoms with E-state index in [-0.39, 0.29) is 5.91 Å². The number of carbonyl (C=O) groups excluding carboxylic acids is 2. The van der Waals surface area contributed by atoms with E-state index in [2.05, 4.69) is 5.32 Å². The Morgan fingerprint density at radius 1 is 1.35 bits per heavy atom. The van der Waals surface area contributed by atoms with Gasteiger partial charge in [0.25, 0.3) is 0 Å². The van der Waals surface area contributed by atoms with Gasteiger partial charge in [-0.3, -0.25) is 4.79 Å². The third-order valence-electron chi connectivity index (χ3n) is 2.96. The molecular weight excluding hydrogens is 256 g/mol. The molecule has 3 N–H and O–H groups in total. The molecule has 0 aliphatic heterocycles. The summed E-state index contributed by atoms with van der Waals surface area (Å²) >= 11 is 0. The fourth-order valence-electron chi connectivity index (χ4n) is 1.69. The molecule has 0 aliphatic rings. The number of benzene rings is 1. The predicted molar refractivity (Wildman–Crippen MR) is 78.5 cm³/mol. The van der Waals surface area contributed by atoms with Crippen LogP contribution in [0.15, 0.2) is 24.3 Å². The van der Waals surface area contributed by atoms with E-state index < -0.39 is 5.97 Å². The quantitative estimate of drug-likeness (QED) is 0.749. The summed E-state index contributed by atoms with van der Waals surface area (Å²) in [7, 11) is 0. The van der Waals surface area contributed by atoms with Crippen molar-refractivity contribution in [3.05, 3.63) is 29.8 Å². The Bertz CT molecular complexity index is 460. The average molecular weight is 278 g/mol. The van der Waals surface area contributed by atoms with Gasteiger partial charge in [-0.05, 0) is 37.9 Å². The lowest BCUT2D eigenvalue weighted by atomic mass is 10.1. The van der Waals surface area contributed by atoms with Gasteiger partial charge in [-0.2, -0.15) is 0 Å². The molecule has 0 aliphatic carbocycles. The highest BCUT2D eigenvalue weighted by molar-refractivity contribution is 6.01. The molecule has 1 rings (SSSR count). The number of hydrogen-bond donors (Lipinski definition) is 2. The molecule has 0 heterocycles. The third-order valence-corrected chi connectivity index (χ3v) is 2.96. The van der Waals surface area contributed by atoms with Crippen LogP contribution in [0.25, 0.3) is 0 Å². The first-order valence-electron chi connectivity index (χ1n) is 6.84. The molecule has 0 spiro atoms. The van der Waals surface area contributed by atoms with E-state index in [4.69, 9.17) is 10.5 Å². The highest BCUT2D eigenvalue weighted by atomic mass is 16.5. The number of rotatable bonds is 7. The number of esters is 1. The van der Waals surface area contributed by atoms with E-state index in [9.17, 15) is 9.59 Å². The van der Waals surface area contributed by atoms with Crippen LogP contribution in [0.1, 0.15) is 37.0 Å². The number of anilines is 1. The lowest BCUT2D eigenvalue weighted by molar-refractivity contribution is -0.116. The Kier molecular flexibility index (Phi) is 6.73. The Morgan fingerprint density at radius 2 is 2.05 bits per heavy atom. The number of nitrogens with two attached hydrogens (primary N) is 1. The standard InChI is InChI=1S/C15H22N2O3/c1-3-20-15(19)12-6-4-5-7-13(12)17-14(18)9-8-11(2)10-16/h4-7,11H,3,8-10,16H2,1-2H3,(H,17,18). The van der Waals surface area contributed by atoms with Crippen LogP contribution in [0.2, 0.25) is 0 Å². The van der Waals surface area contributed by atoms with Crippen LogP contribution in [-0.4, -0.2) is 25.0 Å². The third kappa shape index (κ3) is 5.01. The Balaban J connectivity index is 2.67. The first kappa shape index (κ1) is 16.2. The molecular formula is C15H22N2O3. The molecule has 0 saturated carbocycles. The number of ether oxygens (including phenoxy) is 1. The monoisotopic (exact) mass is 278 g/mol. The van der Waals surface area contributed by atoms with Gasteiger partial charge in [-0.15, -0.1) is 0 Å². The van der Waals surface area contributed by atoms with E-state index in [1.165, 1.54) is 0 Å². The summed E-state index contributed by atoms with van der Waals surface area (Å²) in [5, 5.41) is 2.75. The van der Waals surface area contributed by atoms with Gasteiger partial charge in [-0.25, -0.2) is 4.79 Å². The molecule has 110 valence electrons. The van der Waals surface area contributed by atoms with Gasteiger partial charge in [0.15, 0.2) is 0 Å². The number of nitrogens with one attached hydrogen (secondary N) is 1. The minimum absolute atomic E-state index is 0.123. The van der Waals surface area contributed by atoms with Crippen molar-refractivity contribution in [2.45, 2.75) is 26.7 Å². The second-order valence-electron chi connectivity index (χ2n) is 4.69. The van der Waals surface area contributed by atoms with Crippen molar-refractivity contribution in [2.24, 2.45) is 11.7 Å². The summed E-state index contributed by atoms with van der Waals surface area (Å²) < 4.78 is 4.96. The molecule has 5 heteroatoms. The maximum Gasteiger partial charge on any atom is 0.340 e. The lowest BCUT2D eigenvalue weighted by Gasteiger charge is -2.11. The minimum Gasteiger partial charge on any atom is -0.462 e. The molecule has 5 nitrogen and oxygen atoms in total. The molecule has 20 heavy (non-hydrogen) atoms. The van der Waals surface area contributed by atoms with Crippen molar-refractivity contribution in [3.63, 3.8) is 0 Å². The van der Waals surface area contributed by atoms with Gasteiger partial charge < -0.3 is 15.8 Å². The van der Waals surface area contributed by atoms with Gasteiger partial charge in [0.1, 0.15) is 0 Å². The molecule has 0 radical (unpaired) electrons. The number of amides is 1. The van der Waals surface area contributed by atoms with Crippen molar-refractivity contribution in [2.75, 3.05) is 18.5 Å². The van der Waals surface area contributed by atoms with Crippen LogP contribution in [-0.2, 0) is 9.53 Å². The topological polar surface area (TPSA) is 81.4 Å². The van der Waals surface area contributed by atoms with E-state index in [0.29, 0.717) is 36.7 Å². The maximum atomic E-state index is 11.9. The molecule has 0 bridgehead atoms. The van der Waals surface area contributed by atoms with E-state index >= 15 is 0 Å². The van der Waals surface area contributed by atoms with Crippen LogP contribution in [0.3, 0.4) is 0 Å². The SMILES string of the molecule is CCOC(=O)c1ccccc1NC(=O)CCC(C)CN. The van der Waals surface area contributed by atoms with Crippen molar-refractivity contribution < 1.29 is 14.3 Å². The number of hydrogen-bond acceptors (Lipinski definition) is 4. The normalized spacial score (nSPS) is 11.8. The molecule has 0 saturated heterocycles. The van der Waals surface area contributed by atoms with Crippen LogP contribution in [0.5, 0.6) is 0 Å². The number of carbonyl (C=O) groups is 2. The first-order valence-corrected chi connectivity index (χ1v) is 6.84. The highest BCUT2D eigenvalue weighted by Crippen LogP contribution is 2.17. The Morgan fingerprint density at radius 3 is 2.70 bits per heavy atom. The molecule has 0 fully saturated rings. The van der Waals surface area contributed by atoms with Gasteiger partial charge >= 0.3 is 5.97 Å². The summed E-state index contributed by atoms with van der Waals surface area (Å²) in [5.41, 5.74) is 6.37. The fourth-order valence-corrected chi connectivity index (χ4v) is 1.69. The molecule has 1 aromatic rings. The van der Waals surface area contributed by atoms with Gasteiger partial charge in [0.05, 0.1) is 17.9 Å². The minimum atomic E-state index is -0.432. The summed E-state index contributed by atoms with van der Waals surface area (Å²) in [6.07, 6.45) is 1.11. The van der Waals surface area contributed by atoms with Crippen molar-refractivity contribution in [1.29, 1.82) is 0 Å². The van der Waals surface area contributed by atoms with Gasteiger partial charge in [0.2, 0.25) is 5.91 Å².